The lowest BCUT2D eigenvalue weighted by Crippen LogP contribution is -2.06. The van der Waals surface area contributed by atoms with Crippen LogP contribution in [0, 0.1) is 0 Å². The highest BCUT2D eigenvalue weighted by atomic mass is 35.5. The van der Waals surface area contributed by atoms with Crippen LogP contribution in [0.15, 0.2) is 69.9 Å². The van der Waals surface area contributed by atoms with Crippen molar-refractivity contribution in [1.29, 1.82) is 0 Å². The number of rotatable bonds is 2. The first-order valence-corrected chi connectivity index (χ1v) is 7.99. The molecule has 0 amide bonds. The number of benzene rings is 3. The highest BCUT2D eigenvalue weighted by Gasteiger charge is 2.10. The number of aliphatic hydroxyl groups is 1. The highest BCUT2D eigenvalue weighted by molar-refractivity contribution is 6.31. The van der Waals surface area contributed by atoms with Crippen LogP contribution in [0.4, 0.5) is 0 Å². The monoisotopic (exact) mass is 349 g/mol. The summed E-state index contributed by atoms with van der Waals surface area (Å²) in [7, 11) is 0. The van der Waals surface area contributed by atoms with Crippen molar-refractivity contribution in [3.05, 3.63) is 87.4 Å². The summed E-state index contributed by atoms with van der Waals surface area (Å²) in [5.74, 6) is -0.0574. The number of aliphatic hydroxyl groups excluding tert-OH is 1. The van der Waals surface area contributed by atoms with Gasteiger partial charge in [0.05, 0.1) is 0 Å². The summed E-state index contributed by atoms with van der Waals surface area (Å²) in [6.07, 6.45) is 1.31. The SMILES string of the molecule is O=c1oc2ccc(Cl)cc2nc1/C=C(\O)c1cccc2ccccc12. The third kappa shape index (κ3) is 2.88. The van der Waals surface area contributed by atoms with Gasteiger partial charge in [0.15, 0.2) is 11.3 Å². The molecule has 1 aromatic heterocycles. The second-order valence-corrected chi connectivity index (χ2v) is 5.99. The lowest BCUT2D eigenvalue weighted by atomic mass is 10.0. The molecular weight excluding hydrogens is 338 g/mol. The van der Waals surface area contributed by atoms with Crippen LogP contribution in [0.1, 0.15) is 11.3 Å². The maximum Gasteiger partial charge on any atom is 0.362 e. The lowest BCUT2D eigenvalue weighted by molar-refractivity contribution is 0.514. The van der Waals surface area contributed by atoms with E-state index < -0.39 is 5.63 Å². The Hall–Kier alpha value is -3.11. The van der Waals surface area contributed by atoms with E-state index in [9.17, 15) is 9.90 Å². The molecule has 0 aliphatic heterocycles. The first-order chi connectivity index (χ1) is 12.1. The molecule has 0 radical (unpaired) electrons. The first kappa shape index (κ1) is 15.4. The Labute approximate surface area is 147 Å². The number of fused-ring (bicyclic) bond motifs is 2. The maximum atomic E-state index is 12.1. The molecule has 0 spiro atoms. The van der Waals surface area contributed by atoms with Crippen molar-refractivity contribution in [2.75, 3.05) is 0 Å². The molecule has 0 saturated carbocycles. The van der Waals surface area contributed by atoms with Crippen LogP contribution in [0.5, 0.6) is 0 Å². The molecule has 4 nitrogen and oxygen atoms in total. The number of hydrogen-bond donors (Lipinski definition) is 1. The second-order valence-electron chi connectivity index (χ2n) is 5.55. The molecule has 0 aliphatic rings. The summed E-state index contributed by atoms with van der Waals surface area (Å²) in [5.41, 5.74) is 0.799. The molecule has 0 unspecified atom stereocenters. The van der Waals surface area contributed by atoms with Gasteiger partial charge in [-0.15, -0.1) is 0 Å². The molecule has 1 N–H and O–H groups in total. The molecule has 4 aromatic rings. The molecular formula is C20H12ClNO3. The molecule has 0 fully saturated rings. The predicted molar refractivity (Wildman–Crippen MR) is 99.7 cm³/mol. The molecule has 3 aromatic carbocycles. The average molecular weight is 350 g/mol. The van der Waals surface area contributed by atoms with Gasteiger partial charge >= 0.3 is 5.63 Å². The minimum atomic E-state index is -0.624. The smallest absolute Gasteiger partial charge is 0.362 e. The summed E-state index contributed by atoms with van der Waals surface area (Å²) in [6, 6.07) is 18.1. The van der Waals surface area contributed by atoms with E-state index in [1.807, 2.05) is 36.4 Å². The van der Waals surface area contributed by atoms with Gasteiger partial charge in [-0.2, -0.15) is 0 Å². The van der Waals surface area contributed by atoms with Gasteiger partial charge in [0.2, 0.25) is 0 Å². The van der Waals surface area contributed by atoms with Gasteiger partial charge in [0.1, 0.15) is 11.3 Å². The minimum Gasteiger partial charge on any atom is -0.507 e. The Bertz CT molecular complexity index is 1190. The summed E-state index contributed by atoms with van der Waals surface area (Å²) in [5, 5.41) is 12.9. The fraction of sp³-hybridized carbons (Fsp3) is 0. The molecule has 0 aliphatic carbocycles. The molecule has 0 saturated heterocycles. The van der Waals surface area contributed by atoms with Crippen LogP contribution in [0.3, 0.4) is 0 Å². The third-order valence-corrected chi connectivity index (χ3v) is 4.15. The molecule has 4 rings (SSSR count). The van der Waals surface area contributed by atoms with Crippen molar-refractivity contribution in [1.82, 2.24) is 4.98 Å². The van der Waals surface area contributed by atoms with Crippen molar-refractivity contribution < 1.29 is 9.52 Å². The molecule has 5 heteroatoms. The number of hydrogen-bond acceptors (Lipinski definition) is 4. The Morgan fingerprint density at radius 3 is 2.76 bits per heavy atom. The summed E-state index contributed by atoms with van der Waals surface area (Å²) in [4.78, 5) is 16.4. The number of halogens is 1. The fourth-order valence-corrected chi connectivity index (χ4v) is 2.91. The van der Waals surface area contributed by atoms with Crippen molar-refractivity contribution in [2.24, 2.45) is 0 Å². The van der Waals surface area contributed by atoms with Crippen molar-refractivity contribution in [2.45, 2.75) is 0 Å². The van der Waals surface area contributed by atoms with E-state index in [1.165, 1.54) is 6.08 Å². The quantitative estimate of drug-likeness (QED) is 0.514. The fourth-order valence-electron chi connectivity index (χ4n) is 2.74. The van der Waals surface area contributed by atoms with E-state index in [1.54, 1.807) is 24.3 Å². The largest absolute Gasteiger partial charge is 0.507 e. The van der Waals surface area contributed by atoms with Crippen molar-refractivity contribution in [3.8, 4) is 0 Å². The zero-order valence-corrected chi connectivity index (χ0v) is 13.7. The van der Waals surface area contributed by atoms with Crippen LogP contribution >= 0.6 is 11.6 Å². The standard InChI is InChI=1S/C20H12ClNO3/c21-13-8-9-19-16(10-13)22-17(20(24)25-19)11-18(23)15-7-3-5-12-4-1-2-6-14(12)15/h1-11,23H/b18-11-. The molecule has 0 bridgehead atoms. The Morgan fingerprint density at radius 1 is 1.08 bits per heavy atom. The third-order valence-electron chi connectivity index (χ3n) is 3.91. The van der Waals surface area contributed by atoms with Gasteiger partial charge in [-0.3, -0.25) is 0 Å². The van der Waals surface area contributed by atoms with E-state index in [2.05, 4.69) is 4.98 Å². The Morgan fingerprint density at radius 2 is 1.88 bits per heavy atom. The van der Waals surface area contributed by atoms with Crippen LogP contribution in [0.2, 0.25) is 5.02 Å². The molecule has 122 valence electrons. The van der Waals surface area contributed by atoms with Crippen LogP contribution in [-0.2, 0) is 0 Å². The normalized spacial score (nSPS) is 12.0. The van der Waals surface area contributed by atoms with E-state index in [4.69, 9.17) is 16.0 Å². The first-order valence-electron chi connectivity index (χ1n) is 7.61. The maximum absolute atomic E-state index is 12.1. The zero-order chi connectivity index (χ0) is 17.4. The van der Waals surface area contributed by atoms with Crippen LogP contribution < -0.4 is 5.63 Å². The molecule has 1 heterocycles. The average Bonchev–Trinajstić information content (AvgIpc) is 2.62. The topological polar surface area (TPSA) is 63.3 Å². The zero-order valence-electron chi connectivity index (χ0n) is 12.9. The predicted octanol–water partition coefficient (Wildman–Crippen LogP) is 5.05. The summed E-state index contributed by atoms with van der Waals surface area (Å²) < 4.78 is 5.24. The van der Waals surface area contributed by atoms with Crippen molar-refractivity contribution in [3.63, 3.8) is 0 Å². The summed E-state index contributed by atoms with van der Waals surface area (Å²) >= 11 is 5.95. The minimum absolute atomic E-state index is 0.0141. The van der Waals surface area contributed by atoms with E-state index in [0.29, 0.717) is 21.7 Å². The summed E-state index contributed by atoms with van der Waals surface area (Å²) in [6.45, 7) is 0. The van der Waals surface area contributed by atoms with Crippen molar-refractivity contribution >= 4 is 45.3 Å². The number of nitrogens with zero attached hydrogens (tertiary/aromatic N) is 1. The van der Waals surface area contributed by atoms with Gasteiger partial charge in [0.25, 0.3) is 0 Å². The second kappa shape index (κ2) is 6.07. The van der Waals surface area contributed by atoms with Gasteiger partial charge in [-0.1, -0.05) is 54.1 Å². The highest BCUT2D eigenvalue weighted by Crippen LogP contribution is 2.25. The lowest BCUT2D eigenvalue weighted by Gasteiger charge is -2.06. The van der Waals surface area contributed by atoms with E-state index >= 15 is 0 Å². The number of aromatic nitrogens is 1. The van der Waals surface area contributed by atoms with E-state index in [0.717, 1.165) is 10.8 Å². The molecule has 0 atom stereocenters. The molecule has 25 heavy (non-hydrogen) atoms. The van der Waals surface area contributed by atoms with Gasteiger partial charge in [-0.25, -0.2) is 9.78 Å². The Kier molecular flexibility index (Phi) is 3.75. The van der Waals surface area contributed by atoms with Gasteiger partial charge < -0.3 is 9.52 Å². The Balaban J connectivity index is 1.88. The van der Waals surface area contributed by atoms with E-state index in [-0.39, 0.29) is 11.5 Å². The van der Waals surface area contributed by atoms with Gasteiger partial charge in [-0.05, 0) is 29.0 Å². The van der Waals surface area contributed by atoms with Crippen LogP contribution in [-0.4, -0.2) is 10.1 Å². The van der Waals surface area contributed by atoms with Gasteiger partial charge in [0, 0.05) is 16.7 Å². The van der Waals surface area contributed by atoms with Crippen LogP contribution in [0.25, 0.3) is 33.7 Å².